The first-order valence-corrected chi connectivity index (χ1v) is 12.1. The van der Waals surface area contributed by atoms with E-state index in [0.29, 0.717) is 38.5 Å². The van der Waals surface area contributed by atoms with Gasteiger partial charge < -0.3 is 14.6 Å². The molecule has 2 heterocycles. The van der Waals surface area contributed by atoms with Crippen molar-refractivity contribution in [2.45, 2.75) is 47.0 Å². The molecule has 0 spiro atoms. The molecule has 1 aromatic carbocycles. The van der Waals surface area contributed by atoms with Crippen molar-refractivity contribution in [1.29, 1.82) is 0 Å². The van der Waals surface area contributed by atoms with Gasteiger partial charge in [-0.2, -0.15) is 0 Å². The maximum atomic E-state index is 13.4. The van der Waals surface area contributed by atoms with E-state index in [9.17, 15) is 9.59 Å². The minimum Gasteiger partial charge on any atom is -0.465 e. The molecule has 1 aliphatic carbocycles. The van der Waals surface area contributed by atoms with Gasteiger partial charge in [0.2, 0.25) is 0 Å². The summed E-state index contributed by atoms with van der Waals surface area (Å²) < 4.78 is 10.4. The van der Waals surface area contributed by atoms with Gasteiger partial charge in [0.15, 0.2) is 0 Å². The van der Waals surface area contributed by atoms with Gasteiger partial charge in [0.25, 0.3) is 5.91 Å². The summed E-state index contributed by atoms with van der Waals surface area (Å²) in [5.74, 6) is 0.0335. The molecule has 6 nitrogen and oxygen atoms in total. The lowest BCUT2D eigenvalue weighted by Crippen LogP contribution is -2.26. The van der Waals surface area contributed by atoms with Crippen molar-refractivity contribution in [2.24, 2.45) is 11.3 Å². The van der Waals surface area contributed by atoms with Gasteiger partial charge in [-0.3, -0.25) is 4.79 Å². The second-order valence-electron chi connectivity index (χ2n) is 9.40. The predicted octanol–water partition coefficient (Wildman–Crippen LogP) is 6.55. The predicted molar refractivity (Wildman–Crippen MR) is 130 cm³/mol. The normalized spacial score (nSPS) is 15.8. The summed E-state index contributed by atoms with van der Waals surface area (Å²) in [5, 5.41) is 7.99. The number of fused-ring (bicyclic) bond motifs is 1. The summed E-state index contributed by atoms with van der Waals surface area (Å²) in [4.78, 5) is 27.2. The molecule has 0 unspecified atom stereocenters. The molecule has 8 heteroatoms. The number of aryl methyl sites for hydroxylation is 1. The first-order chi connectivity index (χ1) is 15.6. The second-order valence-corrected chi connectivity index (χ2v) is 10.9. The third-order valence-corrected chi connectivity index (χ3v) is 7.82. The van der Waals surface area contributed by atoms with Gasteiger partial charge in [0.05, 0.1) is 17.7 Å². The first-order valence-electron chi connectivity index (χ1n) is 10.9. The molecule has 0 bridgehead atoms. The Morgan fingerprint density at radius 1 is 1.24 bits per heavy atom. The summed E-state index contributed by atoms with van der Waals surface area (Å²) >= 11 is 7.79. The third-order valence-electron chi connectivity index (χ3n) is 6.33. The molecule has 174 valence electrons. The second kappa shape index (κ2) is 8.95. The van der Waals surface area contributed by atoms with E-state index in [1.54, 1.807) is 19.1 Å². The van der Waals surface area contributed by atoms with Crippen LogP contribution in [-0.2, 0) is 17.6 Å². The van der Waals surface area contributed by atoms with E-state index in [1.807, 2.05) is 12.1 Å². The lowest BCUT2D eigenvalue weighted by Gasteiger charge is -2.33. The van der Waals surface area contributed by atoms with Crippen molar-refractivity contribution in [3.05, 3.63) is 56.6 Å². The molecule has 3 aromatic rings. The fourth-order valence-corrected chi connectivity index (χ4v) is 5.91. The third kappa shape index (κ3) is 4.44. The lowest BCUT2D eigenvalue weighted by molar-refractivity contribution is 0.0600. The van der Waals surface area contributed by atoms with Crippen molar-refractivity contribution >= 4 is 39.8 Å². The summed E-state index contributed by atoms with van der Waals surface area (Å²) in [6.45, 7) is 8.40. The van der Waals surface area contributed by atoms with Crippen LogP contribution in [0.5, 0.6) is 0 Å². The highest BCUT2D eigenvalue weighted by Crippen LogP contribution is 2.45. The van der Waals surface area contributed by atoms with Crippen LogP contribution in [0, 0.1) is 18.3 Å². The Hall–Kier alpha value is -2.64. The molecular formula is C25H27ClN2O4S. The number of ether oxygens (including phenoxy) is 1. The highest BCUT2D eigenvalue weighted by molar-refractivity contribution is 7.17. The number of aromatic nitrogens is 1. The number of anilines is 1. The number of methoxy groups -OCH3 is 1. The first kappa shape index (κ1) is 23.5. The summed E-state index contributed by atoms with van der Waals surface area (Å²) in [5.41, 5.74) is 2.86. The number of amides is 1. The Kier molecular flexibility index (Phi) is 6.38. The summed E-state index contributed by atoms with van der Waals surface area (Å²) in [6.07, 6.45) is 2.65. The van der Waals surface area contributed by atoms with Gasteiger partial charge in [-0.25, -0.2) is 4.79 Å². The number of carbonyl (C=O) groups is 2. The molecule has 1 N–H and O–H groups in total. The highest BCUT2D eigenvalue weighted by Gasteiger charge is 2.35. The highest BCUT2D eigenvalue weighted by atomic mass is 35.5. The van der Waals surface area contributed by atoms with Crippen LogP contribution in [0.4, 0.5) is 5.00 Å². The number of halogens is 1. The van der Waals surface area contributed by atoms with Crippen molar-refractivity contribution in [2.75, 3.05) is 12.4 Å². The molecule has 0 saturated heterocycles. The maximum Gasteiger partial charge on any atom is 0.341 e. The zero-order chi connectivity index (χ0) is 23.9. The van der Waals surface area contributed by atoms with Gasteiger partial charge in [0.1, 0.15) is 22.0 Å². The number of rotatable bonds is 4. The molecule has 1 atom stereocenters. The van der Waals surface area contributed by atoms with Gasteiger partial charge in [0, 0.05) is 10.4 Å². The van der Waals surface area contributed by atoms with E-state index < -0.39 is 11.9 Å². The van der Waals surface area contributed by atoms with Gasteiger partial charge in [-0.1, -0.05) is 55.7 Å². The van der Waals surface area contributed by atoms with Crippen molar-refractivity contribution in [3.8, 4) is 11.3 Å². The van der Waals surface area contributed by atoms with E-state index in [-0.39, 0.29) is 11.0 Å². The standard InChI is InChI=1S/C25H27ClN2O4S/c1-13-19(21(28-32-13)15-8-6-7-9-17(15)26)22(29)27-23-20(24(30)31-5)16-11-10-14(25(2,3)4)12-18(16)33-23/h6-9,14H,10-12H2,1-5H3,(H,27,29)/t14-/m0/s1. The average Bonchev–Trinajstić information content (AvgIpc) is 3.32. The van der Waals surface area contributed by atoms with Crippen LogP contribution >= 0.6 is 22.9 Å². The SMILES string of the molecule is COC(=O)c1c(NC(=O)c2c(-c3ccccc3Cl)noc2C)sc2c1CC[C@H](C(C)(C)C)C2. The lowest BCUT2D eigenvalue weighted by atomic mass is 9.72. The van der Waals surface area contributed by atoms with Crippen LogP contribution in [0.15, 0.2) is 28.8 Å². The smallest absolute Gasteiger partial charge is 0.341 e. The van der Waals surface area contributed by atoms with Crippen LogP contribution in [0.3, 0.4) is 0 Å². The number of hydrogen-bond acceptors (Lipinski definition) is 6. The number of hydrogen-bond donors (Lipinski definition) is 1. The number of nitrogens with one attached hydrogen (secondary N) is 1. The van der Waals surface area contributed by atoms with E-state index in [0.717, 1.165) is 29.7 Å². The Balaban J connectivity index is 1.72. The van der Waals surface area contributed by atoms with Crippen molar-refractivity contribution < 1.29 is 18.8 Å². The van der Waals surface area contributed by atoms with E-state index in [4.69, 9.17) is 20.9 Å². The maximum absolute atomic E-state index is 13.4. The molecular weight excluding hydrogens is 460 g/mol. The Bertz CT molecular complexity index is 1220. The quantitative estimate of drug-likeness (QED) is 0.422. The van der Waals surface area contributed by atoms with Crippen LogP contribution in [-0.4, -0.2) is 24.1 Å². The monoisotopic (exact) mass is 486 g/mol. The van der Waals surface area contributed by atoms with Crippen LogP contribution < -0.4 is 5.32 Å². The minimum absolute atomic E-state index is 0.167. The zero-order valence-corrected chi connectivity index (χ0v) is 20.9. The average molecular weight is 487 g/mol. The Labute approximate surface area is 202 Å². The fourth-order valence-electron chi connectivity index (χ4n) is 4.37. The van der Waals surface area contributed by atoms with Gasteiger partial charge in [-0.15, -0.1) is 11.3 Å². The largest absolute Gasteiger partial charge is 0.465 e. The Morgan fingerprint density at radius 2 is 1.97 bits per heavy atom. The number of carbonyl (C=O) groups excluding carboxylic acids is 2. The van der Waals surface area contributed by atoms with E-state index in [1.165, 1.54) is 18.4 Å². The van der Waals surface area contributed by atoms with E-state index >= 15 is 0 Å². The molecule has 33 heavy (non-hydrogen) atoms. The molecule has 4 rings (SSSR count). The topological polar surface area (TPSA) is 81.4 Å². The minimum atomic E-state index is -0.439. The molecule has 1 amide bonds. The van der Waals surface area contributed by atoms with Crippen LogP contribution in [0.2, 0.25) is 5.02 Å². The molecule has 2 aromatic heterocycles. The van der Waals surface area contributed by atoms with Crippen molar-refractivity contribution in [1.82, 2.24) is 5.16 Å². The van der Waals surface area contributed by atoms with E-state index in [2.05, 4.69) is 31.2 Å². The van der Waals surface area contributed by atoms with Gasteiger partial charge >= 0.3 is 5.97 Å². The van der Waals surface area contributed by atoms with Crippen LogP contribution in [0.25, 0.3) is 11.3 Å². The summed E-state index contributed by atoms with van der Waals surface area (Å²) in [6, 6.07) is 7.15. The molecule has 0 aliphatic heterocycles. The number of thiophene rings is 1. The van der Waals surface area contributed by atoms with Gasteiger partial charge in [-0.05, 0) is 49.1 Å². The summed E-state index contributed by atoms with van der Waals surface area (Å²) in [7, 11) is 1.36. The zero-order valence-electron chi connectivity index (χ0n) is 19.4. The molecule has 0 fully saturated rings. The van der Waals surface area contributed by atoms with Crippen molar-refractivity contribution in [3.63, 3.8) is 0 Å². The molecule has 1 aliphatic rings. The number of nitrogens with zero attached hydrogens (tertiary/aromatic N) is 1. The fraction of sp³-hybridized carbons (Fsp3) is 0.400. The molecule has 0 saturated carbocycles. The van der Waals surface area contributed by atoms with Crippen LogP contribution in [0.1, 0.15) is 64.1 Å². The number of benzene rings is 1. The molecule has 0 radical (unpaired) electrons. The Morgan fingerprint density at radius 3 is 2.64 bits per heavy atom. The number of esters is 1.